The molecule has 0 atom stereocenters. The molecule has 0 saturated carbocycles. The molecular formula is C22H19ClN4O. The van der Waals surface area contributed by atoms with Crippen LogP contribution < -0.4 is 11.1 Å². The Balaban J connectivity index is 1.84. The van der Waals surface area contributed by atoms with Crippen molar-refractivity contribution in [3.8, 4) is 0 Å². The number of pyridine rings is 2. The van der Waals surface area contributed by atoms with Gasteiger partial charge in [-0.2, -0.15) is 0 Å². The van der Waals surface area contributed by atoms with E-state index in [2.05, 4.69) is 10.3 Å². The zero-order chi connectivity index (χ0) is 19.5. The Morgan fingerprint density at radius 1 is 1.07 bits per heavy atom. The van der Waals surface area contributed by atoms with Gasteiger partial charge in [-0.1, -0.05) is 29.8 Å². The Morgan fingerprint density at radius 2 is 1.96 bits per heavy atom. The molecule has 5 nitrogen and oxygen atoms in total. The summed E-state index contributed by atoms with van der Waals surface area (Å²) in [6, 6.07) is 15.0. The van der Waals surface area contributed by atoms with E-state index < -0.39 is 0 Å². The molecule has 2 heterocycles. The molecule has 28 heavy (non-hydrogen) atoms. The van der Waals surface area contributed by atoms with Gasteiger partial charge in [-0.3, -0.25) is 9.78 Å². The Bertz CT molecular complexity index is 1180. The summed E-state index contributed by atoms with van der Waals surface area (Å²) in [7, 11) is 0. The summed E-state index contributed by atoms with van der Waals surface area (Å²) >= 11 is 6.10. The van der Waals surface area contributed by atoms with Gasteiger partial charge in [0.15, 0.2) is 5.78 Å². The average Bonchev–Trinajstić information content (AvgIpc) is 2.72. The normalized spacial score (nSPS) is 11.1. The number of hydrogen-bond acceptors (Lipinski definition) is 5. The molecule has 3 N–H and O–H groups in total. The van der Waals surface area contributed by atoms with Crippen LogP contribution in [-0.2, 0) is 0 Å². The number of benzene rings is 2. The third kappa shape index (κ3) is 3.67. The summed E-state index contributed by atoms with van der Waals surface area (Å²) in [5.74, 6) is 0.767. The van der Waals surface area contributed by atoms with E-state index >= 15 is 0 Å². The smallest absolute Gasteiger partial charge is 0.163 e. The predicted octanol–water partition coefficient (Wildman–Crippen LogP) is 5.10. The van der Waals surface area contributed by atoms with Gasteiger partial charge in [-0.05, 0) is 43.3 Å². The minimum atomic E-state index is 0.0739. The van der Waals surface area contributed by atoms with E-state index in [0.717, 1.165) is 27.4 Å². The van der Waals surface area contributed by atoms with Gasteiger partial charge >= 0.3 is 0 Å². The standard InChI is InChI=1S/C22H19ClN4O/c23-15-3-1-4-16(12-15)26-22-18-8-10-25-13-19(18)17-7-6-14(11-20(17)27-22)21(28)5-2-9-24/h1,3-4,6-8,10-13H,2,5,9,24H2,(H,26,27). The van der Waals surface area contributed by atoms with Crippen molar-refractivity contribution in [2.75, 3.05) is 11.9 Å². The molecule has 0 amide bonds. The lowest BCUT2D eigenvalue weighted by atomic mass is 10.0. The predicted molar refractivity (Wildman–Crippen MR) is 114 cm³/mol. The largest absolute Gasteiger partial charge is 0.340 e. The molecule has 0 aliphatic carbocycles. The molecule has 0 fully saturated rings. The van der Waals surface area contributed by atoms with Crippen LogP contribution in [0.15, 0.2) is 60.9 Å². The van der Waals surface area contributed by atoms with Crippen LogP contribution in [0.5, 0.6) is 0 Å². The van der Waals surface area contributed by atoms with Crippen molar-refractivity contribution in [1.29, 1.82) is 0 Å². The number of hydrogen-bond donors (Lipinski definition) is 2. The number of halogens is 1. The number of anilines is 2. The summed E-state index contributed by atoms with van der Waals surface area (Å²) in [5, 5.41) is 6.85. The van der Waals surface area contributed by atoms with Crippen LogP contribution in [0.1, 0.15) is 23.2 Å². The van der Waals surface area contributed by atoms with Gasteiger partial charge in [-0.25, -0.2) is 4.98 Å². The molecule has 0 radical (unpaired) electrons. The SMILES string of the molecule is NCCCC(=O)c1ccc2c(c1)nc(Nc1cccc(Cl)c1)c1ccncc12. The highest BCUT2D eigenvalue weighted by Gasteiger charge is 2.12. The van der Waals surface area contributed by atoms with Crippen LogP contribution in [0, 0.1) is 0 Å². The van der Waals surface area contributed by atoms with Crippen molar-refractivity contribution < 1.29 is 4.79 Å². The number of carbonyl (C=O) groups is 1. The number of aromatic nitrogens is 2. The molecule has 0 aliphatic rings. The van der Waals surface area contributed by atoms with Gasteiger partial charge in [-0.15, -0.1) is 0 Å². The van der Waals surface area contributed by atoms with Crippen LogP contribution in [-0.4, -0.2) is 22.3 Å². The Kier molecular flexibility index (Phi) is 5.19. The van der Waals surface area contributed by atoms with Crippen LogP contribution in [0.25, 0.3) is 21.7 Å². The number of fused-ring (bicyclic) bond motifs is 3. The lowest BCUT2D eigenvalue weighted by Crippen LogP contribution is -2.05. The number of rotatable bonds is 6. The van der Waals surface area contributed by atoms with Crippen LogP contribution in [0.2, 0.25) is 5.02 Å². The molecule has 4 rings (SSSR count). The molecule has 4 aromatic rings. The monoisotopic (exact) mass is 390 g/mol. The van der Waals surface area contributed by atoms with Crippen LogP contribution >= 0.6 is 11.6 Å². The van der Waals surface area contributed by atoms with Gasteiger partial charge in [0.2, 0.25) is 0 Å². The van der Waals surface area contributed by atoms with Gasteiger partial charge in [0.1, 0.15) is 5.82 Å². The first-order chi connectivity index (χ1) is 13.7. The highest BCUT2D eigenvalue weighted by atomic mass is 35.5. The fourth-order valence-corrected chi connectivity index (χ4v) is 3.42. The summed E-state index contributed by atoms with van der Waals surface area (Å²) in [4.78, 5) is 21.5. The quantitative estimate of drug-likeness (QED) is 0.353. The second-order valence-electron chi connectivity index (χ2n) is 6.56. The van der Waals surface area contributed by atoms with E-state index in [1.807, 2.05) is 54.7 Å². The third-order valence-electron chi connectivity index (χ3n) is 4.61. The lowest BCUT2D eigenvalue weighted by Gasteiger charge is -2.12. The first-order valence-electron chi connectivity index (χ1n) is 9.09. The minimum absolute atomic E-state index is 0.0739. The number of Topliss-reactive ketones (excluding diaryl/α,β-unsaturated/α-hetero) is 1. The summed E-state index contributed by atoms with van der Waals surface area (Å²) in [5.41, 5.74) is 7.75. The fourth-order valence-electron chi connectivity index (χ4n) is 3.23. The minimum Gasteiger partial charge on any atom is -0.340 e. The van der Waals surface area contributed by atoms with E-state index in [0.29, 0.717) is 35.8 Å². The van der Waals surface area contributed by atoms with Crippen molar-refractivity contribution in [2.45, 2.75) is 12.8 Å². The highest BCUT2D eigenvalue weighted by molar-refractivity contribution is 6.30. The zero-order valence-corrected chi connectivity index (χ0v) is 15.9. The number of ketones is 1. The first kappa shape index (κ1) is 18.3. The van der Waals surface area contributed by atoms with Crippen molar-refractivity contribution in [3.05, 3.63) is 71.5 Å². The number of nitrogens with zero attached hydrogens (tertiary/aromatic N) is 2. The maximum absolute atomic E-state index is 12.4. The Morgan fingerprint density at radius 3 is 2.79 bits per heavy atom. The Labute approximate surface area is 167 Å². The molecular weight excluding hydrogens is 372 g/mol. The van der Waals surface area contributed by atoms with Crippen LogP contribution in [0.3, 0.4) is 0 Å². The van der Waals surface area contributed by atoms with Crippen LogP contribution in [0.4, 0.5) is 11.5 Å². The number of nitrogens with two attached hydrogens (primary N) is 1. The van der Waals surface area contributed by atoms with E-state index in [1.54, 1.807) is 6.20 Å². The van der Waals surface area contributed by atoms with E-state index in [1.165, 1.54) is 0 Å². The fraction of sp³-hybridized carbons (Fsp3) is 0.136. The lowest BCUT2D eigenvalue weighted by molar-refractivity contribution is 0.0981. The highest BCUT2D eigenvalue weighted by Crippen LogP contribution is 2.31. The van der Waals surface area contributed by atoms with Gasteiger partial charge in [0.25, 0.3) is 0 Å². The maximum Gasteiger partial charge on any atom is 0.163 e. The number of carbonyl (C=O) groups excluding carboxylic acids is 1. The summed E-state index contributed by atoms with van der Waals surface area (Å²) in [6.07, 6.45) is 4.67. The van der Waals surface area contributed by atoms with Crippen molar-refractivity contribution in [1.82, 2.24) is 9.97 Å². The van der Waals surface area contributed by atoms with E-state index in [-0.39, 0.29) is 5.78 Å². The molecule has 0 spiro atoms. The summed E-state index contributed by atoms with van der Waals surface area (Å²) in [6.45, 7) is 0.502. The molecule has 2 aromatic heterocycles. The van der Waals surface area contributed by atoms with Crippen molar-refractivity contribution in [2.24, 2.45) is 5.73 Å². The molecule has 0 aliphatic heterocycles. The molecule has 140 valence electrons. The van der Waals surface area contributed by atoms with Gasteiger partial charge < -0.3 is 11.1 Å². The van der Waals surface area contributed by atoms with Crippen molar-refractivity contribution >= 4 is 50.6 Å². The van der Waals surface area contributed by atoms with E-state index in [9.17, 15) is 4.79 Å². The topological polar surface area (TPSA) is 80.9 Å². The Hall–Kier alpha value is -3.02. The molecule has 6 heteroatoms. The first-order valence-corrected chi connectivity index (χ1v) is 9.47. The maximum atomic E-state index is 12.4. The second kappa shape index (κ2) is 7.92. The van der Waals surface area contributed by atoms with E-state index in [4.69, 9.17) is 22.3 Å². The molecule has 0 bridgehead atoms. The van der Waals surface area contributed by atoms with Gasteiger partial charge in [0, 0.05) is 51.2 Å². The molecule has 2 aromatic carbocycles. The molecule has 0 unspecified atom stereocenters. The zero-order valence-electron chi connectivity index (χ0n) is 15.2. The summed E-state index contributed by atoms with van der Waals surface area (Å²) < 4.78 is 0. The second-order valence-corrected chi connectivity index (χ2v) is 7.00. The number of nitrogens with one attached hydrogen (secondary N) is 1. The third-order valence-corrected chi connectivity index (χ3v) is 4.85. The van der Waals surface area contributed by atoms with Gasteiger partial charge in [0.05, 0.1) is 5.52 Å². The van der Waals surface area contributed by atoms with Crippen molar-refractivity contribution in [3.63, 3.8) is 0 Å². The average molecular weight is 391 g/mol. The molecule has 0 saturated heterocycles.